The minimum Gasteiger partial charge on any atom is -0.495 e. The first-order valence-electron chi connectivity index (χ1n) is 7.96. The van der Waals surface area contributed by atoms with E-state index in [0.29, 0.717) is 26.6 Å². The van der Waals surface area contributed by atoms with Gasteiger partial charge in [-0.15, -0.1) is 10.2 Å². The summed E-state index contributed by atoms with van der Waals surface area (Å²) < 4.78 is 7.17. The molecule has 0 aliphatic carbocycles. The minimum absolute atomic E-state index is 0.223. The lowest BCUT2D eigenvalue weighted by molar-refractivity contribution is -0.115. The number of para-hydroxylation sites is 2. The molecule has 0 saturated carbocycles. The molecule has 0 radical (unpaired) electrons. The topological polar surface area (TPSA) is 69.0 Å². The van der Waals surface area contributed by atoms with Crippen LogP contribution in [0.5, 0.6) is 5.75 Å². The summed E-state index contributed by atoms with van der Waals surface area (Å²) in [5.74, 6) is 0.459. The van der Waals surface area contributed by atoms with Gasteiger partial charge in [-0.3, -0.25) is 9.36 Å². The Balaban J connectivity index is 1.77. The van der Waals surface area contributed by atoms with Gasteiger partial charge in [0.15, 0.2) is 5.16 Å². The van der Waals surface area contributed by atoms with Crippen LogP contribution in [0.15, 0.2) is 53.9 Å². The zero-order chi connectivity index (χ0) is 19.4. The molecule has 1 aromatic heterocycles. The van der Waals surface area contributed by atoms with Crippen LogP contribution in [0.25, 0.3) is 5.69 Å². The molecular formula is C18H16Cl2N4O2S. The normalized spacial score (nSPS) is 11.9. The average Bonchev–Trinajstić information content (AvgIpc) is 3.13. The molecule has 0 fully saturated rings. The first kappa shape index (κ1) is 19.5. The monoisotopic (exact) mass is 422 g/mol. The second kappa shape index (κ2) is 8.65. The number of aromatic nitrogens is 3. The Kier molecular flexibility index (Phi) is 6.26. The number of hydrogen-bond donors (Lipinski definition) is 1. The molecule has 27 heavy (non-hydrogen) atoms. The van der Waals surface area contributed by atoms with Gasteiger partial charge in [-0.25, -0.2) is 0 Å². The van der Waals surface area contributed by atoms with Crippen molar-refractivity contribution >= 4 is 46.6 Å². The summed E-state index contributed by atoms with van der Waals surface area (Å²) in [6.45, 7) is 1.78. The van der Waals surface area contributed by atoms with Crippen molar-refractivity contribution in [3.8, 4) is 11.4 Å². The first-order valence-corrected chi connectivity index (χ1v) is 9.59. The van der Waals surface area contributed by atoms with Crippen molar-refractivity contribution < 1.29 is 9.53 Å². The van der Waals surface area contributed by atoms with Crippen molar-refractivity contribution in [2.75, 3.05) is 12.4 Å². The van der Waals surface area contributed by atoms with Gasteiger partial charge in [0.2, 0.25) is 5.91 Å². The standard InChI is InChI=1S/C18H16Cl2N4O2S/c1-11(17(25)22-13-7-5-6-12(19)16(13)20)27-18-23-21-10-24(18)14-8-3-4-9-15(14)26-2/h3-11H,1-2H3,(H,22,25). The molecule has 1 amide bonds. The molecule has 1 N–H and O–H groups in total. The molecule has 3 rings (SSSR count). The predicted molar refractivity (Wildman–Crippen MR) is 108 cm³/mol. The predicted octanol–water partition coefficient (Wildman–Crippen LogP) is 4.70. The number of ether oxygens (including phenoxy) is 1. The maximum atomic E-state index is 12.6. The Morgan fingerprint density at radius 2 is 2.00 bits per heavy atom. The molecule has 1 unspecified atom stereocenters. The third-order valence-corrected chi connectivity index (χ3v) is 5.60. The summed E-state index contributed by atoms with van der Waals surface area (Å²) in [4.78, 5) is 12.6. The molecule has 0 bridgehead atoms. The van der Waals surface area contributed by atoms with Gasteiger partial charge >= 0.3 is 0 Å². The van der Waals surface area contributed by atoms with Crippen molar-refractivity contribution in [3.05, 3.63) is 58.8 Å². The van der Waals surface area contributed by atoms with Gasteiger partial charge in [0, 0.05) is 0 Å². The van der Waals surface area contributed by atoms with E-state index in [1.165, 1.54) is 11.8 Å². The summed E-state index contributed by atoms with van der Waals surface area (Å²) in [7, 11) is 1.60. The largest absolute Gasteiger partial charge is 0.495 e. The van der Waals surface area contributed by atoms with Crippen LogP contribution in [-0.4, -0.2) is 33.0 Å². The van der Waals surface area contributed by atoms with E-state index >= 15 is 0 Å². The summed E-state index contributed by atoms with van der Waals surface area (Å²) in [5.41, 5.74) is 1.26. The first-order chi connectivity index (χ1) is 13.0. The van der Waals surface area contributed by atoms with Crippen LogP contribution in [0, 0.1) is 0 Å². The zero-order valence-electron chi connectivity index (χ0n) is 14.5. The summed E-state index contributed by atoms with van der Waals surface area (Å²) in [6.07, 6.45) is 1.58. The van der Waals surface area contributed by atoms with E-state index in [2.05, 4.69) is 15.5 Å². The highest BCUT2D eigenvalue weighted by Gasteiger charge is 2.20. The van der Waals surface area contributed by atoms with E-state index in [-0.39, 0.29) is 5.91 Å². The number of methoxy groups -OCH3 is 1. The van der Waals surface area contributed by atoms with E-state index in [0.717, 1.165) is 5.69 Å². The van der Waals surface area contributed by atoms with Gasteiger partial charge in [-0.1, -0.05) is 53.2 Å². The van der Waals surface area contributed by atoms with Gasteiger partial charge in [0.25, 0.3) is 0 Å². The number of hydrogen-bond acceptors (Lipinski definition) is 5. The zero-order valence-corrected chi connectivity index (χ0v) is 16.8. The third-order valence-electron chi connectivity index (χ3n) is 3.72. The summed E-state index contributed by atoms with van der Waals surface area (Å²) in [6, 6.07) is 12.6. The quantitative estimate of drug-likeness (QED) is 0.582. The molecule has 0 saturated heterocycles. The van der Waals surface area contributed by atoms with Crippen molar-refractivity contribution in [2.45, 2.75) is 17.3 Å². The molecule has 9 heteroatoms. The lowest BCUT2D eigenvalue weighted by Gasteiger charge is -2.14. The SMILES string of the molecule is COc1ccccc1-n1cnnc1SC(C)C(=O)Nc1cccc(Cl)c1Cl. The van der Waals surface area contributed by atoms with Crippen LogP contribution in [0.2, 0.25) is 10.0 Å². The molecule has 2 aromatic carbocycles. The van der Waals surface area contributed by atoms with E-state index in [1.54, 1.807) is 43.1 Å². The van der Waals surface area contributed by atoms with Crippen LogP contribution >= 0.6 is 35.0 Å². The lowest BCUT2D eigenvalue weighted by Crippen LogP contribution is -2.23. The number of amides is 1. The Morgan fingerprint density at radius 1 is 1.22 bits per heavy atom. The van der Waals surface area contributed by atoms with Crippen molar-refractivity contribution in [3.63, 3.8) is 0 Å². The average molecular weight is 423 g/mol. The van der Waals surface area contributed by atoms with Gasteiger partial charge in [0.05, 0.1) is 33.8 Å². The van der Waals surface area contributed by atoms with E-state index < -0.39 is 5.25 Å². The molecular weight excluding hydrogens is 407 g/mol. The molecule has 0 aliphatic rings. The number of carbonyl (C=O) groups is 1. The third kappa shape index (κ3) is 4.37. The smallest absolute Gasteiger partial charge is 0.237 e. The molecule has 140 valence electrons. The maximum absolute atomic E-state index is 12.6. The van der Waals surface area contributed by atoms with Crippen LogP contribution in [0.1, 0.15) is 6.92 Å². The fraction of sp³-hybridized carbons (Fsp3) is 0.167. The molecule has 6 nitrogen and oxygen atoms in total. The Morgan fingerprint density at radius 3 is 2.78 bits per heavy atom. The molecule has 0 aliphatic heterocycles. The fourth-order valence-electron chi connectivity index (χ4n) is 2.35. The number of rotatable bonds is 6. The number of benzene rings is 2. The highest BCUT2D eigenvalue weighted by Crippen LogP contribution is 2.32. The second-order valence-electron chi connectivity index (χ2n) is 5.51. The van der Waals surface area contributed by atoms with Crippen LogP contribution in [0.3, 0.4) is 0 Å². The molecule has 1 atom stereocenters. The number of nitrogens with zero attached hydrogens (tertiary/aromatic N) is 3. The van der Waals surface area contributed by atoms with Gasteiger partial charge in [0.1, 0.15) is 12.1 Å². The maximum Gasteiger partial charge on any atom is 0.237 e. The second-order valence-corrected chi connectivity index (χ2v) is 7.60. The number of nitrogens with one attached hydrogen (secondary N) is 1. The van der Waals surface area contributed by atoms with E-state index in [9.17, 15) is 4.79 Å². The van der Waals surface area contributed by atoms with Crippen LogP contribution in [-0.2, 0) is 4.79 Å². The molecule has 0 spiro atoms. The highest BCUT2D eigenvalue weighted by molar-refractivity contribution is 8.00. The number of thioether (sulfide) groups is 1. The summed E-state index contributed by atoms with van der Waals surface area (Å²) in [5, 5.41) is 11.7. The van der Waals surface area contributed by atoms with Crippen LogP contribution in [0.4, 0.5) is 5.69 Å². The number of anilines is 1. The Bertz CT molecular complexity index is 964. The molecule has 1 heterocycles. The van der Waals surface area contributed by atoms with E-state index in [4.69, 9.17) is 27.9 Å². The van der Waals surface area contributed by atoms with Crippen molar-refractivity contribution in [1.29, 1.82) is 0 Å². The summed E-state index contributed by atoms with van der Waals surface area (Å²) >= 11 is 13.4. The van der Waals surface area contributed by atoms with Gasteiger partial charge in [-0.2, -0.15) is 0 Å². The molecule has 3 aromatic rings. The van der Waals surface area contributed by atoms with Crippen molar-refractivity contribution in [2.24, 2.45) is 0 Å². The van der Waals surface area contributed by atoms with Crippen molar-refractivity contribution in [1.82, 2.24) is 14.8 Å². The lowest BCUT2D eigenvalue weighted by atomic mass is 10.3. The minimum atomic E-state index is -0.447. The number of halogens is 2. The number of carbonyl (C=O) groups excluding carboxylic acids is 1. The van der Waals surface area contributed by atoms with Crippen LogP contribution < -0.4 is 10.1 Å². The van der Waals surface area contributed by atoms with Gasteiger partial charge in [-0.05, 0) is 31.2 Å². The van der Waals surface area contributed by atoms with Gasteiger partial charge < -0.3 is 10.1 Å². The fourth-order valence-corrected chi connectivity index (χ4v) is 3.53. The highest BCUT2D eigenvalue weighted by atomic mass is 35.5. The Labute approximate surface area is 170 Å². The Hall–Kier alpha value is -2.22. The van der Waals surface area contributed by atoms with E-state index in [1.807, 2.05) is 24.3 Å².